The van der Waals surface area contributed by atoms with Crippen LogP contribution < -0.4 is 5.32 Å². The fourth-order valence-electron chi connectivity index (χ4n) is 3.32. The molecule has 0 radical (unpaired) electrons. The Balaban J connectivity index is 1.98. The highest BCUT2D eigenvalue weighted by molar-refractivity contribution is 9.10. The Morgan fingerprint density at radius 1 is 0.933 bits per heavy atom. The van der Waals surface area contributed by atoms with E-state index in [0.717, 1.165) is 6.07 Å². The van der Waals surface area contributed by atoms with Crippen LogP contribution >= 0.6 is 27.5 Å². The first-order valence-corrected chi connectivity index (χ1v) is 9.55. The summed E-state index contributed by atoms with van der Waals surface area (Å²) in [6, 6.07) is 10.0. The maximum atomic E-state index is 13.3. The van der Waals surface area contributed by atoms with Crippen LogP contribution in [0.25, 0.3) is 0 Å². The van der Waals surface area contributed by atoms with E-state index >= 15 is 0 Å². The number of nitro benzene ring substituents is 1. The van der Waals surface area contributed by atoms with E-state index in [2.05, 4.69) is 21.2 Å². The van der Waals surface area contributed by atoms with Crippen molar-refractivity contribution in [3.63, 3.8) is 0 Å². The second-order valence-corrected chi connectivity index (χ2v) is 7.70. The fourth-order valence-corrected chi connectivity index (χ4v) is 3.86. The Morgan fingerprint density at radius 2 is 1.57 bits per heavy atom. The molecule has 3 N–H and O–H groups in total. The standard InChI is InChI=1S/C20H10BrClN2O6/c21-10-7-12(24(29)30)15-17(18(10)26)20(28)16-13(25)6-5-11(14(16)19(15)27)23-9-3-1-8(22)2-4-9/h1-7,23,25-26H. The second kappa shape index (κ2) is 7.12. The molecule has 1 aliphatic carbocycles. The molecule has 0 bridgehead atoms. The Morgan fingerprint density at radius 3 is 2.20 bits per heavy atom. The number of phenolic OH excluding ortho intramolecular Hbond substituents is 2. The number of fused-ring (bicyclic) bond motifs is 2. The summed E-state index contributed by atoms with van der Waals surface area (Å²) in [6.07, 6.45) is 0. The summed E-state index contributed by atoms with van der Waals surface area (Å²) in [4.78, 5) is 37.1. The number of hydrogen-bond donors (Lipinski definition) is 3. The molecule has 3 aromatic rings. The number of ketones is 2. The van der Waals surface area contributed by atoms with Crippen molar-refractivity contribution in [1.29, 1.82) is 0 Å². The minimum absolute atomic E-state index is 0.118. The lowest BCUT2D eigenvalue weighted by atomic mass is 9.81. The van der Waals surface area contributed by atoms with Crippen LogP contribution in [0.3, 0.4) is 0 Å². The molecule has 0 fully saturated rings. The average molecular weight is 490 g/mol. The SMILES string of the molecule is O=C1c2c(Nc3ccc(Cl)cc3)ccc(O)c2C(=O)c2c(O)c(Br)cc([N+](=O)[O-])c21. The summed E-state index contributed by atoms with van der Waals surface area (Å²) in [7, 11) is 0. The van der Waals surface area contributed by atoms with E-state index in [9.17, 15) is 29.9 Å². The number of nitrogens with zero attached hydrogens (tertiary/aromatic N) is 1. The van der Waals surface area contributed by atoms with Gasteiger partial charge in [-0.3, -0.25) is 19.7 Å². The van der Waals surface area contributed by atoms with Gasteiger partial charge >= 0.3 is 0 Å². The molecule has 0 aliphatic heterocycles. The zero-order chi connectivity index (χ0) is 21.7. The number of halogens is 2. The molecule has 0 spiro atoms. The van der Waals surface area contributed by atoms with Crippen molar-refractivity contribution >= 4 is 56.2 Å². The summed E-state index contributed by atoms with van der Waals surface area (Å²) in [5.74, 6) is -2.88. The Hall–Kier alpha value is -3.43. The first-order chi connectivity index (χ1) is 14.2. The summed E-state index contributed by atoms with van der Waals surface area (Å²) < 4.78 is -0.118. The predicted molar refractivity (Wildman–Crippen MR) is 112 cm³/mol. The van der Waals surface area contributed by atoms with E-state index in [1.165, 1.54) is 12.1 Å². The van der Waals surface area contributed by atoms with Crippen molar-refractivity contribution in [2.24, 2.45) is 0 Å². The highest BCUT2D eigenvalue weighted by Gasteiger charge is 2.41. The van der Waals surface area contributed by atoms with Gasteiger partial charge in [0, 0.05) is 16.8 Å². The first-order valence-electron chi connectivity index (χ1n) is 8.38. The summed E-state index contributed by atoms with van der Waals surface area (Å²) in [5, 5.41) is 35.6. The van der Waals surface area contributed by atoms with Crippen LogP contribution in [0.2, 0.25) is 5.02 Å². The molecule has 1 aliphatic rings. The molecular weight excluding hydrogens is 480 g/mol. The average Bonchev–Trinajstić information content (AvgIpc) is 2.70. The molecule has 30 heavy (non-hydrogen) atoms. The highest BCUT2D eigenvalue weighted by Crippen LogP contribution is 2.46. The van der Waals surface area contributed by atoms with E-state index < -0.39 is 44.8 Å². The molecule has 0 unspecified atom stereocenters. The quantitative estimate of drug-likeness (QED) is 0.211. The van der Waals surface area contributed by atoms with Crippen LogP contribution in [-0.4, -0.2) is 26.7 Å². The molecule has 0 heterocycles. The van der Waals surface area contributed by atoms with E-state index in [0.29, 0.717) is 10.7 Å². The van der Waals surface area contributed by atoms with Gasteiger partial charge in [0.05, 0.1) is 31.8 Å². The number of carbonyl (C=O) groups excluding carboxylic acids is 2. The van der Waals surface area contributed by atoms with Crippen molar-refractivity contribution in [2.75, 3.05) is 5.32 Å². The minimum Gasteiger partial charge on any atom is -0.507 e. The van der Waals surface area contributed by atoms with Gasteiger partial charge in [0.2, 0.25) is 11.6 Å². The number of rotatable bonds is 3. The lowest BCUT2D eigenvalue weighted by Gasteiger charge is -2.22. The van der Waals surface area contributed by atoms with Crippen molar-refractivity contribution in [2.45, 2.75) is 0 Å². The fraction of sp³-hybridized carbons (Fsp3) is 0. The predicted octanol–water partition coefficient (Wildman–Crippen LogP) is 4.94. The van der Waals surface area contributed by atoms with Crippen molar-refractivity contribution < 1.29 is 24.7 Å². The second-order valence-electron chi connectivity index (χ2n) is 6.41. The Labute approximate surface area is 182 Å². The number of nitrogens with one attached hydrogen (secondary N) is 1. The number of hydrogen-bond acceptors (Lipinski definition) is 7. The Bertz CT molecular complexity index is 1270. The zero-order valence-corrected chi connectivity index (χ0v) is 17.1. The lowest BCUT2D eigenvalue weighted by Crippen LogP contribution is -2.24. The lowest BCUT2D eigenvalue weighted by molar-refractivity contribution is -0.385. The van der Waals surface area contributed by atoms with Crippen molar-refractivity contribution in [1.82, 2.24) is 0 Å². The number of aromatic hydroxyl groups is 2. The van der Waals surface area contributed by atoms with E-state index in [4.69, 9.17) is 11.6 Å². The third kappa shape index (κ3) is 2.99. The molecular formula is C20H10BrClN2O6. The summed E-state index contributed by atoms with van der Waals surface area (Å²) >= 11 is 8.83. The monoisotopic (exact) mass is 488 g/mol. The molecule has 3 aromatic carbocycles. The smallest absolute Gasteiger partial charge is 0.282 e. The van der Waals surface area contributed by atoms with Gasteiger partial charge in [0.25, 0.3) is 5.69 Å². The molecule has 8 nitrogen and oxygen atoms in total. The molecule has 0 atom stereocenters. The molecule has 150 valence electrons. The van der Waals surface area contributed by atoms with Gasteiger partial charge < -0.3 is 15.5 Å². The number of nitro groups is 1. The Kier molecular flexibility index (Phi) is 4.71. The van der Waals surface area contributed by atoms with Gasteiger partial charge in [0.1, 0.15) is 17.1 Å². The highest BCUT2D eigenvalue weighted by atomic mass is 79.9. The van der Waals surface area contributed by atoms with Crippen LogP contribution in [0.4, 0.5) is 17.1 Å². The van der Waals surface area contributed by atoms with Crippen LogP contribution in [0.15, 0.2) is 46.9 Å². The normalized spacial score (nSPS) is 12.3. The molecule has 0 amide bonds. The summed E-state index contributed by atoms with van der Waals surface area (Å²) in [6.45, 7) is 0. The largest absolute Gasteiger partial charge is 0.507 e. The topological polar surface area (TPSA) is 130 Å². The van der Waals surface area contributed by atoms with E-state index in [1.54, 1.807) is 24.3 Å². The molecule has 4 rings (SSSR count). The van der Waals surface area contributed by atoms with E-state index in [1.807, 2.05) is 0 Å². The minimum atomic E-state index is -0.904. The number of carbonyl (C=O) groups is 2. The molecule has 0 aromatic heterocycles. The van der Waals surface area contributed by atoms with Gasteiger partial charge in [-0.05, 0) is 52.3 Å². The van der Waals surface area contributed by atoms with Crippen molar-refractivity contribution in [3.8, 4) is 11.5 Å². The van der Waals surface area contributed by atoms with Gasteiger partial charge in [-0.15, -0.1) is 0 Å². The number of benzene rings is 3. The summed E-state index contributed by atoms with van der Waals surface area (Å²) in [5.41, 5.74) is -1.60. The van der Waals surface area contributed by atoms with Crippen LogP contribution in [-0.2, 0) is 0 Å². The van der Waals surface area contributed by atoms with E-state index in [-0.39, 0.29) is 21.3 Å². The van der Waals surface area contributed by atoms with Gasteiger partial charge in [0.15, 0.2) is 0 Å². The first kappa shape index (κ1) is 19.9. The van der Waals surface area contributed by atoms with Crippen LogP contribution in [0, 0.1) is 10.1 Å². The third-order valence-corrected chi connectivity index (χ3v) is 5.50. The van der Waals surface area contributed by atoms with Crippen LogP contribution in [0.1, 0.15) is 31.8 Å². The molecule has 0 saturated heterocycles. The maximum absolute atomic E-state index is 13.3. The van der Waals surface area contributed by atoms with Crippen molar-refractivity contribution in [3.05, 3.63) is 84.3 Å². The van der Waals surface area contributed by atoms with Gasteiger partial charge in [-0.25, -0.2) is 0 Å². The van der Waals surface area contributed by atoms with Gasteiger partial charge in [-0.1, -0.05) is 11.6 Å². The number of anilines is 2. The number of phenols is 2. The van der Waals surface area contributed by atoms with Gasteiger partial charge in [-0.2, -0.15) is 0 Å². The molecule has 10 heteroatoms. The maximum Gasteiger partial charge on any atom is 0.282 e. The molecule has 0 saturated carbocycles. The third-order valence-electron chi connectivity index (χ3n) is 4.64. The zero-order valence-electron chi connectivity index (χ0n) is 14.8. The van der Waals surface area contributed by atoms with Crippen LogP contribution in [0.5, 0.6) is 11.5 Å².